The van der Waals surface area contributed by atoms with Crippen molar-refractivity contribution in [2.45, 2.75) is 38.1 Å². The van der Waals surface area contributed by atoms with Crippen molar-refractivity contribution in [3.63, 3.8) is 0 Å². The van der Waals surface area contributed by atoms with Crippen LogP contribution in [0.4, 0.5) is 0 Å². The Morgan fingerprint density at radius 3 is 2.56 bits per heavy atom. The fraction of sp³-hybridized carbons (Fsp3) is 0.750. The highest BCUT2D eigenvalue weighted by molar-refractivity contribution is 5.24. The number of hydrogen-bond acceptors (Lipinski definition) is 2. The molecule has 0 aromatic heterocycles. The molecule has 2 saturated heterocycles. The van der Waals surface area contributed by atoms with Crippen LogP contribution in [0.15, 0.2) is 24.5 Å². The summed E-state index contributed by atoms with van der Waals surface area (Å²) >= 11 is 0. The Kier molecular flexibility index (Phi) is 3.23. The maximum absolute atomic E-state index is 5.28. The van der Waals surface area contributed by atoms with Crippen molar-refractivity contribution in [3.8, 4) is 0 Å². The summed E-state index contributed by atoms with van der Waals surface area (Å²) in [5, 5.41) is 0. The Balaban J connectivity index is 1.74. The van der Waals surface area contributed by atoms with Crippen LogP contribution in [0.25, 0.3) is 0 Å². The van der Waals surface area contributed by atoms with Crippen molar-refractivity contribution in [1.29, 1.82) is 0 Å². The van der Waals surface area contributed by atoms with Crippen molar-refractivity contribution < 1.29 is 4.74 Å². The maximum atomic E-state index is 5.28. The van der Waals surface area contributed by atoms with E-state index in [9.17, 15) is 0 Å². The molecule has 3 fully saturated rings. The lowest BCUT2D eigenvalue weighted by atomic mass is 9.67. The van der Waals surface area contributed by atoms with E-state index in [1.165, 1.54) is 45.2 Å². The summed E-state index contributed by atoms with van der Waals surface area (Å²) in [4.78, 5) is 2.75. The van der Waals surface area contributed by atoms with Gasteiger partial charge in [0.1, 0.15) is 5.76 Å². The lowest BCUT2D eigenvalue weighted by molar-refractivity contribution is 0.0579. The highest BCUT2D eigenvalue weighted by Gasteiger charge is 2.46. The number of methoxy groups -OCH3 is 1. The van der Waals surface area contributed by atoms with Gasteiger partial charge in [-0.15, -0.1) is 0 Å². The van der Waals surface area contributed by atoms with E-state index in [4.69, 9.17) is 4.74 Å². The molecule has 18 heavy (non-hydrogen) atoms. The molecule has 0 aromatic carbocycles. The molecule has 0 radical (unpaired) electrons. The molecular formula is C16H25NO. The third-order valence-electron chi connectivity index (χ3n) is 5.47. The molecule has 3 aliphatic rings. The zero-order chi connectivity index (χ0) is 12.7. The maximum Gasteiger partial charge on any atom is 0.114 e. The Hall–Kier alpha value is -0.760. The van der Waals surface area contributed by atoms with Crippen LogP contribution in [0.5, 0.6) is 0 Å². The van der Waals surface area contributed by atoms with Gasteiger partial charge in [0, 0.05) is 6.04 Å². The van der Waals surface area contributed by atoms with E-state index in [1.807, 2.05) is 0 Å². The molecule has 0 N–H and O–H groups in total. The predicted molar refractivity (Wildman–Crippen MR) is 74.2 cm³/mol. The molecule has 4 unspecified atom stereocenters. The fourth-order valence-corrected chi connectivity index (χ4v) is 4.61. The smallest absolute Gasteiger partial charge is 0.114 e. The topological polar surface area (TPSA) is 12.5 Å². The quantitative estimate of drug-likeness (QED) is 0.561. The molecule has 2 nitrogen and oxygen atoms in total. The summed E-state index contributed by atoms with van der Waals surface area (Å²) in [5.41, 5.74) is 1.15. The molecule has 0 bridgehead atoms. The van der Waals surface area contributed by atoms with Gasteiger partial charge in [0.25, 0.3) is 0 Å². The van der Waals surface area contributed by atoms with Gasteiger partial charge in [0.05, 0.1) is 7.11 Å². The SMILES string of the molecule is C=C(OC)C(=C)C1CC2CCCN3CCC(C1)C23. The Labute approximate surface area is 111 Å². The highest BCUT2D eigenvalue weighted by Crippen LogP contribution is 2.48. The minimum Gasteiger partial charge on any atom is -0.497 e. The van der Waals surface area contributed by atoms with Crippen LogP contribution in [0, 0.1) is 17.8 Å². The van der Waals surface area contributed by atoms with E-state index in [2.05, 4.69) is 18.1 Å². The zero-order valence-corrected chi connectivity index (χ0v) is 11.5. The molecule has 1 saturated carbocycles. The second kappa shape index (κ2) is 4.73. The Morgan fingerprint density at radius 1 is 1.11 bits per heavy atom. The summed E-state index contributed by atoms with van der Waals surface area (Å²) in [7, 11) is 1.71. The molecule has 1 aliphatic carbocycles. The number of ether oxygens (including phenoxy) is 1. The van der Waals surface area contributed by atoms with Gasteiger partial charge in [-0.1, -0.05) is 13.2 Å². The van der Waals surface area contributed by atoms with Crippen LogP contribution in [0.1, 0.15) is 32.1 Å². The first-order valence-electron chi connectivity index (χ1n) is 7.36. The van der Waals surface area contributed by atoms with Crippen LogP contribution in [0.3, 0.4) is 0 Å². The minimum atomic E-state index is 0.613. The van der Waals surface area contributed by atoms with Gasteiger partial charge in [0.2, 0.25) is 0 Å². The largest absolute Gasteiger partial charge is 0.497 e. The first-order chi connectivity index (χ1) is 8.70. The van der Waals surface area contributed by atoms with Crippen LogP contribution >= 0.6 is 0 Å². The summed E-state index contributed by atoms with van der Waals surface area (Å²) < 4.78 is 5.28. The Bertz CT molecular complexity index is 362. The van der Waals surface area contributed by atoms with Gasteiger partial charge in [-0.25, -0.2) is 0 Å². The number of piperidine rings is 1. The van der Waals surface area contributed by atoms with E-state index >= 15 is 0 Å². The summed E-state index contributed by atoms with van der Waals surface area (Å²) in [6.07, 6.45) is 6.81. The monoisotopic (exact) mass is 247 g/mol. The third kappa shape index (κ3) is 1.91. The first kappa shape index (κ1) is 12.3. The average molecular weight is 247 g/mol. The molecule has 4 atom stereocenters. The molecule has 3 rings (SSSR count). The summed E-state index contributed by atoms with van der Waals surface area (Å²) in [6, 6.07) is 0.888. The lowest BCUT2D eigenvalue weighted by Crippen LogP contribution is -2.47. The van der Waals surface area contributed by atoms with Gasteiger partial charge >= 0.3 is 0 Å². The van der Waals surface area contributed by atoms with Gasteiger partial charge < -0.3 is 4.74 Å². The number of rotatable bonds is 3. The van der Waals surface area contributed by atoms with Crippen LogP contribution in [0.2, 0.25) is 0 Å². The number of allylic oxidation sites excluding steroid dienone is 1. The zero-order valence-electron chi connectivity index (χ0n) is 11.5. The molecule has 0 spiro atoms. The molecule has 100 valence electrons. The normalized spacial score (nSPS) is 39.2. The van der Waals surface area contributed by atoms with Gasteiger partial charge in [-0.2, -0.15) is 0 Å². The minimum absolute atomic E-state index is 0.613. The molecule has 2 heterocycles. The van der Waals surface area contributed by atoms with Crippen molar-refractivity contribution in [2.75, 3.05) is 20.2 Å². The van der Waals surface area contributed by atoms with Crippen LogP contribution < -0.4 is 0 Å². The molecule has 0 amide bonds. The van der Waals surface area contributed by atoms with E-state index in [0.29, 0.717) is 5.92 Å². The third-order valence-corrected chi connectivity index (χ3v) is 5.47. The first-order valence-corrected chi connectivity index (χ1v) is 7.36. The van der Waals surface area contributed by atoms with Crippen LogP contribution in [-0.2, 0) is 4.74 Å². The second-order valence-electron chi connectivity index (χ2n) is 6.30. The summed E-state index contributed by atoms with van der Waals surface area (Å²) in [5.74, 6) is 3.20. The fourth-order valence-electron chi connectivity index (χ4n) is 4.61. The molecule has 2 heteroatoms. The molecule has 0 aromatic rings. The van der Waals surface area contributed by atoms with E-state index in [1.54, 1.807) is 7.11 Å². The van der Waals surface area contributed by atoms with Crippen molar-refractivity contribution in [3.05, 3.63) is 24.5 Å². The summed E-state index contributed by atoms with van der Waals surface area (Å²) in [6.45, 7) is 10.9. The van der Waals surface area contributed by atoms with Crippen LogP contribution in [-0.4, -0.2) is 31.1 Å². The second-order valence-corrected chi connectivity index (χ2v) is 6.30. The van der Waals surface area contributed by atoms with E-state index < -0.39 is 0 Å². The number of nitrogens with zero attached hydrogens (tertiary/aromatic N) is 1. The molecule has 2 aliphatic heterocycles. The average Bonchev–Trinajstić information content (AvgIpc) is 2.82. The standard InChI is InChI=1S/C16H25NO/c1-11(12(2)18-3)15-9-13-5-4-7-17-8-6-14(10-15)16(13)17/h13-16H,1-2,4-10H2,3H3. The van der Waals surface area contributed by atoms with Gasteiger partial charge in [-0.3, -0.25) is 4.90 Å². The van der Waals surface area contributed by atoms with Crippen molar-refractivity contribution >= 4 is 0 Å². The van der Waals surface area contributed by atoms with Gasteiger partial charge in [0.15, 0.2) is 0 Å². The number of hydrogen-bond donors (Lipinski definition) is 0. The Morgan fingerprint density at radius 2 is 1.83 bits per heavy atom. The van der Waals surface area contributed by atoms with E-state index in [0.717, 1.165) is 29.2 Å². The van der Waals surface area contributed by atoms with Gasteiger partial charge in [-0.05, 0) is 68.5 Å². The predicted octanol–water partition coefficient (Wildman–Crippen LogP) is 3.21. The van der Waals surface area contributed by atoms with E-state index in [-0.39, 0.29) is 0 Å². The lowest BCUT2D eigenvalue weighted by Gasteiger charge is -2.45. The highest BCUT2D eigenvalue weighted by atomic mass is 16.5. The molecular weight excluding hydrogens is 222 g/mol. The van der Waals surface area contributed by atoms with Crippen molar-refractivity contribution in [2.24, 2.45) is 17.8 Å². The van der Waals surface area contributed by atoms with Crippen molar-refractivity contribution in [1.82, 2.24) is 4.90 Å².